The first kappa shape index (κ1) is 12.8. The van der Waals surface area contributed by atoms with Gasteiger partial charge >= 0.3 is 0 Å². The molecule has 1 aromatic rings. The number of hydrogen-bond donors (Lipinski definition) is 1. The van der Waals surface area contributed by atoms with E-state index in [9.17, 15) is 4.39 Å². The second kappa shape index (κ2) is 5.83. The molecule has 1 saturated carbocycles. The highest BCUT2D eigenvalue weighted by Gasteiger charge is 2.30. The molecule has 0 atom stereocenters. The number of ether oxygens (including phenoxy) is 1. The van der Waals surface area contributed by atoms with E-state index in [-0.39, 0.29) is 11.9 Å². The Morgan fingerprint density at radius 2 is 2.24 bits per heavy atom. The number of halogens is 2. The molecule has 1 aliphatic carbocycles. The molecule has 17 heavy (non-hydrogen) atoms. The molecule has 0 amide bonds. The normalized spacial score (nSPS) is 23.2. The van der Waals surface area contributed by atoms with Gasteiger partial charge in [0.15, 0.2) is 0 Å². The van der Waals surface area contributed by atoms with Crippen LogP contribution in [0.4, 0.5) is 4.39 Å². The number of nitrogens with one attached hydrogen (secondary N) is 1. The van der Waals surface area contributed by atoms with Crippen molar-refractivity contribution in [1.29, 1.82) is 0 Å². The zero-order valence-corrected chi connectivity index (χ0v) is 11.5. The molecule has 1 aromatic carbocycles. The Hall–Kier alpha value is -0.610. The van der Waals surface area contributed by atoms with Crippen molar-refractivity contribution in [3.63, 3.8) is 0 Å². The highest BCUT2D eigenvalue weighted by molar-refractivity contribution is 9.10. The van der Waals surface area contributed by atoms with Gasteiger partial charge in [0.05, 0.1) is 4.47 Å². The molecule has 0 heterocycles. The van der Waals surface area contributed by atoms with Gasteiger partial charge in [0.1, 0.15) is 17.7 Å². The molecule has 0 aliphatic heterocycles. The monoisotopic (exact) mass is 301 g/mol. The third-order valence-electron chi connectivity index (χ3n) is 2.97. The van der Waals surface area contributed by atoms with E-state index in [4.69, 9.17) is 4.74 Å². The molecule has 2 nitrogen and oxygen atoms in total. The SMILES string of the molecule is CCCNC1CC(Oc2ccc(F)c(Br)c2)C1. The first-order valence-corrected chi connectivity index (χ1v) is 6.83. The third-order valence-corrected chi connectivity index (χ3v) is 3.58. The van der Waals surface area contributed by atoms with Gasteiger partial charge in [0.25, 0.3) is 0 Å². The van der Waals surface area contributed by atoms with Crippen molar-refractivity contribution in [3.8, 4) is 5.75 Å². The number of hydrogen-bond acceptors (Lipinski definition) is 2. The van der Waals surface area contributed by atoms with Gasteiger partial charge in [0, 0.05) is 6.04 Å². The van der Waals surface area contributed by atoms with E-state index in [1.54, 1.807) is 12.1 Å². The standard InChI is InChI=1S/C13H17BrFNO/c1-2-5-16-9-6-11(7-9)17-10-3-4-13(15)12(14)8-10/h3-4,8-9,11,16H,2,5-7H2,1H3. The van der Waals surface area contributed by atoms with Crippen LogP contribution in [0.3, 0.4) is 0 Å². The highest BCUT2D eigenvalue weighted by Crippen LogP contribution is 2.28. The summed E-state index contributed by atoms with van der Waals surface area (Å²) in [4.78, 5) is 0. The molecule has 94 valence electrons. The molecule has 0 spiro atoms. The van der Waals surface area contributed by atoms with Crippen molar-refractivity contribution in [2.24, 2.45) is 0 Å². The van der Waals surface area contributed by atoms with Crippen LogP contribution in [0.25, 0.3) is 0 Å². The lowest BCUT2D eigenvalue weighted by Gasteiger charge is -2.36. The largest absolute Gasteiger partial charge is 0.490 e. The van der Waals surface area contributed by atoms with E-state index in [0.29, 0.717) is 10.5 Å². The topological polar surface area (TPSA) is 21.3 Å². The van der Waals surface area contributed by atoms with Crippen molar-refractivity contribution in [2.45, 2.75) is 38.3 Å². The van der Waals surface area contributed by atoms with Crippen LogP contribution in [0, 0.1) is 5.82 Å². The van der Waals surface area contributed by atoms with Crippen molar-refractivity contribution >= 4 is 15.9 Å². The average Bonchev–Trinajstić information content (AvgIpc) is 2.26. The second-order valence-corrected chi connectivity index (χ2v) is 5.29. The van der Waals surface area contributed by atoms with Crippen LogP contribution in [-0.2, 0) is 0 Å². The predicted octanol–water partition coefficient (Wildman–Crippen LogP) is 3.50. The summed E-state index contributed by atoms with van der Waals surface area (Å²) in [5, 5.41) is 3.46. The Bertz CT molecular complexity index is 380. The van der Waals surface area contributed by atoms with Crippen LogP contribution in [0.5, 0.6) is 5.75 Å². The maximum absolute atomic E-state index is 13.0. The minimum atomic E-state index is -0.256. The Morgan fingerprint density at radius 1 is 1.47 bits per heavy atom. The minimum absolute atomic E-state index is 0.256. The van der Waals surface area contributed by atoms with Gasteiger partial charge in [-0.05, 0) is 59.9 Å². The Morgan fingerprint density at radius 3 is 2.88 bits per heavy atom. The summed E-state index contributed by atoms with van der Waals surface area (Å²) >= 11 is 3.15. The molecule has 1 N–H and O–H groups in total. The average molecular weight is 302 g/mol. The first-order chi connectivity index (χ1) is 8.19. The lowest BCUT2D eigenvalue weighted by Crippen LogP contribution is -2.46. The number of benzene rings is 1. The molecule has 4 heteroatoms. The summed E-state index contributed by atoms with van der Waals surface area (Å²) in [5.74, 6) is 0.477. The quantitative estimate of drug-likeness (QED) is 0.899. The summed E-state index contributed by atoms with van der Waals surface area (Å²) in [6, 6.07) is 5.36. The molecule has 0 saturated heterocycles. The molecule has 2 rings (SSSR count). The van der Waals surface area contributed by atoms with Gasteiger partial charge in [-0.3, -0.25) is 0 Å². The van der Waals surface area contributed by atoms with Crippen molar-refractivity contribution in [1.82, 2.24) is 5.32 Å². The molecule has 0 aromatic heterocycles. The summed E-state index contributed by atoms with van der Waals surface area (Å²) in [5.41, 5.74) is 0. The van der Waals surface area contributed by atoms with Gasteiger partial charge < -0.3 is 10.1 Å². The fourth-order valence-corrected chi connectivity index (χ4v) is 2.28. The van der Waals surface area contributed by atoms with E-state index in [1.807, 2.05) is 0 Å². The molecule has 0 radical (unpaired) electrons. The van der Waals surface area contributed by atoms with Crippen molar-refractivity contribution < 1.29 is 9.13 Å². The fourth-order valence-electron chi connectivity index (χ4n) is 1.92. The first-order valence-electron chi connectivity index (χ1n) is 6.04. The van der Waals surface area contributed by atoms with Crippen LogP contribution in [0.1, 0.15) is 26.2 Å². The minimum Gasteiger partial charge on any atom is -0.490 e. The van der Waals surface area contributed by atoms with Crippen LogP contribution < -0.4 is 10.1 Å². The second-order valence-electron chi connectivity index (χ2n) is 4.44. The summed E-state index contributed by atoms with van der Waals surface area (Å²) < 4.78 is 19.2. The van der Waals surface area contributed by atoms with Gasteiger partial charge in [-0.25, -0.2) is 4.39 Å². The Labute approximate surface area is 110 Å². The van der Waals surface area contributed by atoms with Crippen molar-refractivity contribution in [2.75, 3.05) is 6.54 Å². The lowest BCUT2D eigenvalue weighted by molar-refractivity contribution is 0.0851. The Balaban J connectivity index is 1.77. The lowest BCUT2D eigenvalue weighted by atomic mass is 9.89. The molecular weight excluding hydrogens is 285 g/mol. The van der Waals surface area contributed by atoms with E-state index >= 15 is 0 Å². The molecule has 1 fully saturated rings. The summed E-state index contributed by atoms with van der Waals surface area (Å²) in [7, 11) is 0. The zero-order chi connectivity index (χ0) is 12.3. The van der Waals surface area contributed by atoms with Crippen LogP contribution in [0.15, 0.2) is 22.7 Å². The zero-order valence-electron chi connectivity index (χ0n) is 9.88. The van der Waals surface area contributed by atoms with Gasteiger partial charge in [-0.2, -0.15) is 0 Å². The predicted molar refractivity (Wildman–Crippen MR) is 69.8 cm³/mol. The number of rotatable bonds is 5. The van der Waals surface area contributed by atoms with Gasteiger partial charge in [0.2, 0.25) is 0 Å². The van der Waals surface area contributed by atoms with E-state index in [1.165, 1.54) is 6.07 Å². The van der Waals surface area contributed by atoms with Crippen LogP contribution >= 0.6 is 15.9 Å². The Kier molecular flexibility index (Phi) is 4.40. The van der Waals surface area contributed by atoms with E-state index in [2.05, 4.69) is 28.2 Å². The highest BCUT2D eigenvalue weighted by atomic mass is 79.9. The maximum Gasteiger partial charge on any atom is 0.137 e. The molecular formula is C13H17BrFNO. The van der Waals surface area contributed by atoms with Gasteiger partial charge in [-0.15, -0.1) is 0 Å². The molecule has 1 aliphatic rings. The summed E-state index contributed by atoms with van der Waals surface area (Å²) in [6.45, 7) is 3.23. The smallest absolute Gasteiger partial charge is 0.137 e. The van der Waals surface area contributed by atoms with E-state index < -0.39 is 0 Å². The fraction of sp³-hybridized carbons (Fsp3) is 0.538. The van der Waals surface area contributed by atoms with E-state index in [0.717, 1.165) is 31.6 Å². The van der Waals surface area contributed by atoms with Gasteiger partial charge in [-0.1, -0.05) is 6.92 Å². The van der Waals surface area contributed by atoms with Crippen LogP contribution in [-0.4, -0.2) is 18.7 Å². The van der Waals surface area contributed by atoms with Crippen LogP contribution in [0.2, 0.25) is 0 Å². The summed E-state index contributed by atoms with van der Waals surface area (Å²) in [6.07, 6.45) is 3.50. The maximum atomic E-state index is 13.0. The molecule has 0 unspecified atom stereocenters. The molecule has 0 bridgehead atoms. The third kappa shape index (κ3) is 3.42. The van der Waals surface area contributed by atoms with Crippen molar-refractivity contribution in [3.05, 3.63) is 28.5 Å².